The van der Waals surface area contributed by atoms with Gasteiger partial charge >= 0.3 is 0 Å². The molecule has 3 nitrogen and oxygen atoms in total. The van der Waals surface area contributed by atoms with Crippen molar-refractivity contribution < 1.29 is 4.39 Å². The molecule has 1 unspecified atom stereocenters. The van der Waals surface area contributed by atoms with Crippen molar-refractivity contribution in [1.82, 2.24) is 4.98 Å². The van der Waals surface area contributed by atoms with Crippen LogP contribution in [0, 0.1) is 12.7 Å². The summed E-state index contributed by atoms with van der Waals surface area (Å²) < 4.78 is 14.3. The molecule has 0 bridgehead atoms. The fourth-order valence-electron chi connectivity index (χ4n) is 2.38. The smallest absolute Gasteiger partial charge is 0.146 e. The van der Waals surface area contributed by atoms with Crippen molar-refractivity contribution in [3.63, 3.8) is 0 Å². The van der Waals surface area contributed by atoms with Gasteiger partial charge in [0.15, 0.2) is 0 Å². The van der Waals surface area contributed by atoms with Crippen LogP contribution in [-0.2, 0) is 13.0 Å². The molecule has 0 amide bonds. The van der Waals surface area contributed by atoms with Gasteiger partial charge in [0.2, 0.25) is 0 Å². The highest BCUT2D eigenvalue weighted by Crippen LogP contribution is 2.26. The number of rotatable bonds is 6. The largest absolute Gasteiger partial charge is 0.366 e. The predicted molar refractivity (Wildman–Crippen MR) is 87.3 cm³/mol. The first-order chi connectivity index (χ1) is 10.0. The molecule has 2 aromatic rings. The third kappa shape index (κ3) is 4.02. The van der Waals surface area contributed by atoms with Crippen molar-refractivity contribution in [1.29, 1.82) is 0 Å². The van der Waals surface area contributed by atoms with Crippen molar-refractivity contribution in [3.05, 3.63) is 45.7 Å². The number of thiazole rings is 1. The first-order valence-corrected chi connectivity index (χ1v) is 8.04. The standard InChI is InChI=1S/C16H22FN3S/c1-4-13(18)8-12-6-5-7-15(17)16(12)20(3)9-14-10-21-11(2)19-14/h5-7,10,13H,4,8-9,18H2,1-3H3. The van der Waals surface area contributed by atoms with E-state index in [1.807, 2.05) is 37.2 Å². The number of nitrogens with zero attached hydrogens (tertiary/aromatic N) is 2. The number of hydrogen-bond donors (Lipinski definition) is 1. The van der Waals surface area contributed by atoms with E-state index in [-0.39, 0.29) is 11.9 Å². The molecule has 114 valence electrons. The van der Waals surface area contributed by atoms with E-state index in [1.165, 1.54) is 6.07 Å². The molecule has 1 atom stereocenters. The molecule has 21 heavy (non-hydrogen) atoms. The molecule has 0 saturated heterocycles. The van der Waals surface area contributed by atoms with Crippen LogP contribution in [0.1, 0.15) is 29.6 Å². The minimum Gasteiger partial charge on any atom is -0.366 e. The second-order valence-electron chi connectivity index (χ2n) is 5.33. The quantitative estimate of drug-likeness (QED) is 0.888. The molecule has 0 fully saturated rings. The van der Waals surface area contributed by atoms with Gasteiger partial charge in [0.05, 0.1) is 22.9 Å². The second kappa shape index (κ2) is 7.00. The average Bonchev–Trinajstić information content (AvgIpc) is 2.83. The lowest BCUT2D eigenvalue weighted by atomic mass is 10.0. The van der Waals surface area contributed by atoms with Crippen molar-refractivity contribution >= 4 is 17.0 Å². The summed E-state index contributed by atoms with van der Waals surface area (Å²) >= 11 is 1.61. The van der Waals surface area contributed by atoms with Crippen molar-refractivity contribution in [2.75, 3.05) is 11.9 Å². The molecule has 1 aromatic heterocycles. The van der Waals surface area contributed by atoms with E-state index < -0.39 is 0 Å². The molecule has 0 aliphatic carbocycles. The monoisotopic (exact) mass is 307 g/mol. The van der Waals surface area contributed by atoms with Gasteiger partial charge in [-0.2, -0.15) is 0 Å². The molecule has 0 saturated carbocycles. The van der Waals surface area contributed by atoms with E-state index in [9.17, 15) is 4.39 Å². The minimum atomic E-state index is -0.203. The van der Waals surface area contributed by atoms with Gasteiger partial charge in [0.25, 0.3) is 0 Å². The van der Waals surface area contributed by atoms with Gasteiger partial charge in [-0.15, -0.1) is 11.3 Å². The van der Waals surface area contributed by atoms with Crippen molar-refractivity contribution in [3.8, 4) is 0 Å². The molecule has 0 aliphatic heterocycles. The van der Waals surface area contributed by atoms with Crippen LogP contribution in [0.5, 0.6) is 0 Å². The van der Waals surface area contributed by atoms with Gasteiger partial charge in [-0.3, -0.25) is 0 Å². The molecule has 1 heterocycles. The Balaban J connectivity index is 2.24. The lowest BCUT2D eigenvalue weighted by Crippen LogP contribution is -2.25. The number of anilines is 1. The van der Waals surface area contributed by atoms with E-state index in [0.717, 1.165) is 22.7 Å². The highest BCUT2D eigenvalue weighted by molar-refractivity contribution is 7.09. The Labute approximate surface area is 129 Å². The number of halogens is 1. The molecular formula is C16H22FN3S. The number of benzene rings is 1. The Kier molecular flexibility index (Phi) is 5.31. The highest BCUT2D eigenvalue weighted by Gasteiger charge is 2.15. The third-order valence-electron chi connectivity index (χ3n) is 3.52. The average molecular weight is 307 g/mol. The summed E-state index contributed by atoms with van der Waals surface area (Å²) in [6.07, 6.45) is 1.56. The molecule has 0 radical (unpaired) electrons. The maximum atomic E-state index is 14.3. The van der Waals surface area contributed by atoms with Crippen LogP contribution in [0.2, 0.25) is 0 Å². The lowest BCUT2D eigenvalue weighted by Gasteiger charge is -2.23. The summed E-state index contributed by atoms with van der Waals surface area (Å²) in [6, 6.07) is 5.26. The van der Waals surface area contributed by atoms with Crippen LogP contribution >= 0.6 is 11.3 Å². The Morgan fingerprint density at radius 1 is 1.43 bits per heavy atom. The summed E-state index contributed by atoms with van der Waals surface area (Å²) in [5, 5.41) is 3.05. The zero-order valence-corrected chi connectivity index (χ0v) is 13.6. The maximum Gasteiger partial charge on any atom is 0.146 e. The first-order valence-electron chi connectivity index (χ1n) is 7.16. The Morgan fingerprint density at radius 2 is 2.19 bits per heavy atom. The summed E-state index contributed by atoms with van der Waals surface area (Å²) in [6.45, 7) is 4.62. The zero-order chi connectivity index (χ0) is 15.4. The molecule has 1 aromatic carbocycles. The van der Waals surface area contributed by atoms with E-state index in [0.29, 0.717) is 18.7 Å². The van der Waals surface area contributed by atoms with Gasteiger partial charge in [0.1, 0.15) is 5.82 Å². The Morgan fingerprint density at radius 3 is 2.81 bits per heavy atom. The fraction of sp³-hybridized carbons (Fsp3) is 0.438. The van der Waals surface area contributed by atoms with Crippen LogP contribution in [0.25, 0.3) is 0 Å². The number of aryl methyl sites for hydroxylation is 1. The molecule has 2 N–H and O–H groups in total. The number of nitrogens with two attached hydrogens (primary N) is 1. The van der Waals surface area contributed by atoms with Crippen molar-refractivity contribution in [2.24, 2.45) is 5.73 Å². The molecule has 2 rings (SSSR count). The SMILES string of the molecule is CCC(N)Cc1cccc(F)c1N(C)Cc1csc(C)n1. The molecule has 0 spiro atoms. The second-order valence-corrected chi connectivity index (χ2v) is 6.40. The van der Waals surface area contributed by atoms with Crippen LogP contribution in [0.15, 0.2) is 23.6 Å². The van der Waals surface area contributed by atoms with E-state index in [4.69, 9.17) is 5.73 Å². The molecular weight excluding hydrogens is 285 g/mol. The van der Waals surface area contributed by atoms with Gasteiger partial charge in [-0.25, -0.2) is 9.37 Å². The van der Waals surface area contributed by atoms with Crippen LogP contribution < -0.4 is 10.6 Å². The summed E-state index contributed by atoms with van der Waals surface area (Å²) in [5.74, 6) is -0.203. The fourth-order valence-corrected chi connectivity index (χ4v) is 2.99. The van der Waals surface area contributed by atoms with E-state index in [2.05, 4.69) is 4.98 Å². The topological polar surface area (TPSA) is 42.1 Å². The number of aromatic nitrogens is 1. The number of para-hydroxylation sites is 1. The van der Waals surface area contributed by atoms with Crippen LogP contribution in [0.4, 0.5) is 10.1 Å². The van der Waals surface area contributed by atoms with Crippen molar-refractivity contribution in [2.45, 2.75) is 39.3 Å². The summed E-state index contributed by atoms with van der Waals surface area (Å²) in [5.41, 5.74) is 8.58. The van der Waals surface area contributed by atoms with Gasteiger partial charge in [-0.05, 0) is 31.4 Å². The third-order valence-corrected chi connectivity index (χ3v) is 4.35. The normalized spacial score (nSPS) is 12.4. The van der Waals surface area contributed by atoms with Crippen LogP contribution in [-0.4, -0.2) is 18.1 Å². The molecule has 5 heteroatoms. The predicted octanol–water partition coefficient (Wildman–Crippen LogP) is 3.51. The van der Waals surface area contributed by atoms with Gasteiger partial charge in [-0.1, -0.05) is 19.1 Å². The lowest BCUT2D eigenvalue weighted by molar-refractivity contribution is 0.608. The molecule has 0 aliphatic rings. The highest BCUT2D eigenvalue weighted by atomic mass is 32.1. The van der Waals surface area contributed by atoms with E-state index in [1.54, 1.807) is 17.4 Å². The summed E-state index contributed by atoms with van der Waals surface area (Å²) in [7, 11) is 1.90. The van der Waals surface area contributed by atoms with Gasteiger partial charge in [0, 0.05) is 18.5 Å². The summed E-state index contributed by atoms with van der Waals surface area (Å²) in [4.78, 5) is 6.36. The first kappa shape index (κ1) is 15.9. The number of hydrogen-bond acceptors (Lipinski definition) is 4. The van der Waals surface area contributed by atoms with Gasteiger partial charge < -0.3 is 10.6 Å². The zero-order valence-electron chi connectivity index (χ0n) is 12.8. The maximum absolute atomic E-state index is 14.3. The minimum absolute atomic E-state index is 0.0560. The Bertz CT molecular complexity index is 597. The Hall–Kier alpha value is -1.46. The van der Waals surface area contributed by atoms with Crippen LogP contribution in [0.3, 0.4) is 0 Å². The van der Waals surface area contributed by atoms with E-state index >= 15 is 0 Å².